The van der Waals surface area contributed by atoms with Gasteiger partial charge in [-0.3, -0.25) is 9.59 Å². The van der Waals surface area contributed by atoms with E-state index in [1.165, 1.54) is 5.56 Å². The van der Waals surface area contributed by atoms with E-state index in [9.17, 15) is 14.4 Å². The van der Waals surface area contributed by atoms with E-state index in [-0.39, 0.29) is 35.2 Å². The third-order valence-corrected chi connectivity index (χ3v) is 10.1. The van der Waals surface area contributed by atoms with Crippen LogP contribution in [0.15, 0.2) is 54.7 Å². The number of nitrogens with zero attached hydrogens (tertiary/aromatic N) is 3. The molecule has 3 aliphatic rings. The van der Waals surface area contributed by atoms with Gasteiger partial charge in [-0.05, 0) is 61.4 Å². The Bertz CT molecular complexity index is 1480. The average molecular weight is 585 g/mol. The van der Waals surface area contributed by atoms with Crippen molar-refractivity contribution in [3.8, 4) is 0 Å². The van der Waals surface area contributed by atoms with Crippen LogP contribution in [0.1, 0.15) is 54.7 Å². The van der Waals surface area contributed by atoms with Crippen LogP contribution in [0, 0.1) is 0 Å². The van der Waals surface area contributed by atoms with Crippen LogP contribution in [0.5, 0.6) is 0 Å². The Balaban J connectivity index is 1.21. The Morgan fingerprint density at radius 1 is 1.05 bits per heavy atom. The van der Waals surface area contributed by atoms with Gasteiger partial charge in [0.25, 0.3) is 0 Å². The molecule has 1 aromatic heterocycles. The molecule has 6 rings (SSSR count). The zero-order valence-electron chi connectivity index (χ0n) is 25.6. The largest absolute Gasteiger partial charge is 0.361 e. The first-order chi connectivity index (χ1) is 20.8. The van der Waals surface area contributed by atoms with E-state index in [1.807, 2.05) is 56.5 Å². The van der Waals surface area contributed by atoms with Gasteiger partial charge in [-0.25, -0.2) is 4.79 Å². The molecular formula is C34H44N6O3. The molecule has 3 N–H and O–H groups in total. The van der Waals surface area contributed by atoms with Gasteiger partial charge in [-0.2, -0.15) is 0 Å². The number of urea groups is 1. The van der Waals surface area contributed by atoms with Crippen molar-refractivity contribution in [2.24, 2.45) is 0 Å². The Labute approximate surface area is 254 Å². The monoisotopic (exact) mass is 584 g/mol. The first kappa shape index (κ1) is 29.2. The fourth-order valence-corrected chi connectivity index (χ4v) is 7.58. The number of hydrogen-bond donors (Lipinski definition) is 3. The summed E-state index contributed by atoms with van der Waals surface area (Å²) in [6.07, 6.45) is 6.72. The predicted octanol–water partition coefficient (Wildman–Crippen LogP) is 3.61. The van der Waals surface area contributed by atoms with Gasteiger partial charge in [-0.1, -0.05) is 42.5 Å². The highest BCUT2D eigenvalue weighted by Gasteiger charge is 2.48. The van der Waals surface area contributed by atoms with Gasteiger partial charge in [0.2, 0.25) is 11.8 Å². The summed E-state index contributed by atoms with van der Waals surface area (Å²) in [5.41, 5.74) is 4.30. The van der Waals surface area contributed by atoms with Crippen molar-refractivity contribution >= 4 is 28.7 Å². The van der Waals surface area contributed by atoms with Crippen LogP contribution in [-0.4, -0.2) is 96.9 Å². The molecule has 2 fully saturated rings. The number of amides is 4. The van der Waals surface area contributed by atoms with Crippen LogP contribution in [0.3, 0.4) is 0 Å². The zero-order chi connectivity index (χ0) is 30.1. The summed E-state index contributed by atoms with van der Waals surface area (Å²) in [7, 11) is 5.47. The molecule has 228 valence electrons. The normalized spacial score (nSPS) is 21.8. The number of benzene rings is 2. The number of likely N-dealkylation sites (tertiary alicyclic amines) is 1. The second-order valence-electron chi connectivity index (χ2n) is 12.9. The minimum atomic E-state index is -0.682. The molecule has 9 nitrogen and oxygen atoms in total. The maximum absolute atomic E-state index is 14.2. The lowest BCUT2D eigenvalue weighted by molar-refractivity contribution is -0.135. The maximum Gasteiger partial charge on any atom is 0.318 e. The topological polar surface area (TPSA) is 101 Å². The first-order valence-electron chi connectivity index (χ1n) is 15.7. The number of carbonyl (C=O) groups is 3. The minimum absolute atomic E-state index is 0.0455. The molecule has 0 unspecified atom stereocenters. The number of piperidine rings is 2. The smallest absolute Gasteiger partial charge is 0.318 e. The summed E-state index contributed by atoms with van der Waals surface area (Å²) in [4.78, 5) is 49.5. The predicted molar refractivity (Wildman–Crippen MR) is 168 cm³/mol. The number of H-pyrrole nitrogens is 1. The van der Waals surface area contributed by atoms with Crippen molar-refractivity contribution in [1.82, 2.24) is 30.3 Å². The molecule has 2 aliphatic heterocycles. The lowest BCUT2D eigenvalue weighted by Crippen LogP contribution is -2.57. The molecule has 3 atom stereocenters. The van der Waals surface area contributed by atoms with Crippen molar-refractivity contribution in [3.63, 3.8) is 0 Å². The van der Waals surface area contributed by atoms with Crippen LogP contribution >= 0.6 is 0 Å². The zero-order valence-corrected chi connectivity index (χ0v) is 25.6. The number of nitrogens with one attached hydrogen (secondary N) is 3. The molecule has 0 saturated carbocycles. The fraction of sp³-hybridized carbons (Fsp3) is 0.500. The molecule has 3 aromatic rings. The molecule has 1 aliphatic carbocycles. The molecule has 1 spiro atoms. The first-order valence-corrected chi connectivity index (χ1v) is 15.7. The maximum atomic E-state index is 14.2. The van der Waals surface area contributed by atoms with E-state index >= 15 is 0 Å². The Hall–Kier alpha value is -3.85. The van der Waals surface area contributed by atoms with E-state index in [4.69, 9.17) is 0 Å². The van der Waals surface area contributed by atoms with Crippen LogP contribution in [0.4, 0.5) is 4.79 Å². The van der Waals surface area contributed by atoms with E-state index < -0.39 is 6.04 Å². The number of likely N-dealkylation sites (N-methyl/N-ethyl adjacent to an activating group) is 2. The lowest BCUT2D eigenvalue weighted by atomic mass is 9.73. The summed E-state index contributed by atoms with van der Waals surface area (Å²) in [6.45, 7) is 2.92. The third-order valence-electron chi connectivity index (χ3n) is 10.1. The molecule has 9 heteroatoms. The number of aromatic amines is 1. The SMILES string of the molecule is CN(C)C(=O)[C@@H]1CC2(CCN(C(=O)[C@@H](Cc3c[nH]c4ccccc34)NC(=O)N(C)[C@@H]3CCCNC3)CC2)c2ccccc21. The van der Waals surface area contributed by atoms with Crippen LogP contribution in [-0.2, 0) is 21.4 Å². The minimum Gasteiger partial charge on any atom is -0.361 e. The lowest BCUT2D eigenvalue weighted by Gasteiger charge is -2.41. The second kappa shape index (κ2) is 12.0. The molecule has 2 saturated heterocycles. The Morgan fingerprint density at radius 2 is 1.79 bits per heavy atom. The van der Waals surface area contributed by atoms with Crippen molar-refractivity contribution in [2.45, 2.75) is 61.9 Å². The Morgan fingerprint density at radius 3 is 2.53 bits per heavy atom. The molecule has 2 aromatic carbocycles. The standard InChI is InChI=1S/C34H44N6O3/c1-38(2)31(41)27-20-34(28-12-6-4-11-26(27)28)14-17-40(18-15-34)32(42)30(19-23-21-36-29-13-7-5-10-25(23)29)37-33(43)39(3)24-9-8-16-35-22-24/h4-7,10-13,21,24,27,30,35-36H,8-9,14-20,22H2,1-3H3,(H,37,43)/t24-,27-,30-/m1/s1. The quantitative estimate of drug-likeness (QED) is 0.412. The van der Waals surface area contributed by atoms with Gasteiger partial charge in [0.1, 0.15) is 6.04 Å². The van der Waals surface area contributed by atoms with Gasteiger partial charge in [0.05, 0.1) is 5.92 Å². The average Bonchev–Trinajstić information content (AvgIpc) is 3.59. The fourth-order valence-electron chi connectivity index (χ4n) is 7.58. The van der Waals surface area contributed by atoms with E-state index in [1.54, 1.807) is 9.80 Å². The highest BCUT2D eigenvalue weighted by molar-refractivity contribution is 5.90. The van der Waals surface area contributed by atoms with Crippen molar-refractivity contribution in [2.75, 3.05) is 47.3 Å². The van der Waals surface area contributed by atoms with Gasteiger partial charge >= 0.3 is 6.03 Å². The number of rotatable bonds is 6. The summed E-state index contributed by atoms with van der Waals surface area (Å²) in [6, 6.07) is 15.6. The van der Waals surface area contributed by atoms with Gasteiger partial charge in [0.15, 0.2) is 0 Å². The number of hydrogen-bond acceptors (Lipinski definition) is 4. The van der Waals surface area contributed by atoms with E-state index in [0.29, 0.717) is 19.5 Å². The summed E-state index contributed by atoms with van der Waals surface area (Å²) in [5, 5.41) is 7.57. The van der Waals surface area contributed by atoms with Crippen molar-refractivity contribution in [3.05, 3.63) is 71.4 Å². The molecular weight excluding hydrogens is 540 g/mol. The highest BCUT2D eigenvalue weighted by atomic mass is 16.2. The van der Waals surface area contributed by atoms with Crippen LogP contribution < -0.4 is 10.6 Å². The van der Waals surface area contributed by atoms with Crippen LogP contribution in [0.2, 0.25) is 0 Å². The summed E-state index contributed by atoms with van der Waals surface area (Å²) in [5.74, 6) is -0.0513. The molecule has 43 heavy (non-hydrogen) atoms. The number of fused-ring (bicyclic) bond motifs is 3. The number of para-hydroxylation sites is 1. The van der Waals surface area contributed by atoms with Crippen molar-refractivity contribution in [1.29, 1.82) is 0 Å². The van der Waals surface area contributed by atoms with Crippen molar-refractivity contribution < 1.29 is 14.4 Å². The summed E-state index contributed by atoms with van der Waals surface area (Å²) >= 11 is 0. The Kier molecular flexibility index (Phi) is 8.18. The molecule has 4 amide bonds. The molecule has 0 radical (unpaired) electrons. The molecule has 3 heterocycles. The van der Waals surface area contributed by atoms with E-state index in [2.05, 4.69) is 39.9 Å². The second-order valence-corrected chi connectivity index (χ2v) is 12.9. The van der Waals surface area contributed by atoms with Gasteiger partial charge in [-0.15, -0.1) is 0 Å². The number of carbonyl (C=O) groups excluding carboxylic acids is 3. The number of aromatic nitrogens is 1. The molecule has 0 bridgehead atoms. The van der Waals surface area contributed by atoms with Gasteiger partial charge in [0, 0.05) is 75.8 Å². The van der Waals surface area contributed by atoms with E-state index in [0.717, 1.165) is 67.2 Å². The third kappa shape index (κ3) is 5.62. The summed E-state index contributed by atoms with van der Waals surface area (Å²) < 4.78 is 0. The van der Waals surface area contributed by atoms with Crippen LogP contribution in [0.25, 0.3) is 10.9 Å². The highest BCUT2D eigenvalue weighted by Crippen LogP contribution is 2.52. The van der Waals surface area contributed by atoms with Gasteiger partial charge < -0.3 is 30.3 Å².